The number of aromatic nitrogens is 2. The van der Waals surface area contributed by atoms with Crippen LogP contribution in [0.5, 0.6) is 0 Å². The van der Waals surface area contributed by atoms with Crippen LogP contribution in [0.4, 0.5) is 0 Å². The predicted molar refractivity (Wildman–Crippen MR) is 108 cm³/mol. The third-order valence-electron chi connectivity index (χ3n) is 6.31. The second-order valence-electron chi connectivity index (χ2n) is 8.18. The Kier molecular flexibility index (Phi) is 4.43. The first-order chi connectivity index (χ1) is 14.1. The molecule has 2 aliphatic rings. The van der Waals surface area contributed by atoms with E-state index < -0.39 is 5.97 Å². The largest absolute Gasteiger partial charge is 0.478 e. The molecular weight excluding hydrogens is 366 g/mol. The summed E-state index contributed by atoms with van der Waals surface area (Å²) in [5.41, 5.74) is 2.32. The number of carbonyl (C=O) groups is 1. The lowest BCUT2D eigenvalue weighted by atomic mass is 9.68. The van der Waals surface area contributed by atoms with E-state index in [1.165, 1.54) is 18.4 Å². The van der Waals surface area contributed by atoms with Crippen LogP contribution in [0.15, 0.2) is 59.1 Å². The van der Waals surface area contributed by atoms with E-state index in [0.29, 0.717) is 17.9 Å². The average Bonchev–Trinajstić information content (AvgIpc) is 3.33. The van der Waals surface area contributed by atoms with Gasteiger partial charge in [-0.3, -0.25) is 0 Å². The summed E-state index contributed by atoms with van der Waals surface area (Å²) in [5.74, 6) is 0.848. The van der Waals surface area contributed by atoms with Crippen molar-refractivity contribution >= 4 is 5.97 Å². The van der Waals surface area contributed by atoms with Gasteiger partial charge in [-0.1, -0.05) is 41.9 Å². The molecule has 0 radical (unpaired) electrons. The first-order valence-corrected chi connectivity index (χ1v) is 10.1. The van der Waals surface area contributed by atoms with Gasteiger partial charge in [0, 0.05) is 29.5 Å². The molecule has 6 nitrogen and oxygen atoms in total. The number of carboxylic acids is 1. The highest BCUT2D eigenvalue weighted by Crippen LogP contribution is 2.45. The van der Waals surface area contributed by atoms with Crippen LogP contribution in [0, 0.1) is 0 Å². The Morgan fingerprint density at radius 3 is 2.55 bits per heavy atom. The molecule has 5 rings (SSSR count). The Bertz CT molecular complexity index is 1010. The molecule has 2 saturated carbocycles. The molecule has 2 unspecified atom stereocenters. The SMILES string of the molecule is O=C(O)c1ccc(-c2nc(C3(CNC4CC4c4ccccc4)CCC3)no2)cc1. The molecule has 1 aromatic heterocycles. The second-order valence-corrected chi connectivity index (χ2v) is 8.18. The van der Waals surface area contributed by atoms with Crippen LogP contribution in [0.2, 0.25) is 0 Å². The zero-order valence-corrected chi connectivity index (χ0v) is 16.0. The summed E-state index contributed by atoms with van der Waals surface area (Å²) in [6, 6.07) is 17.7. The number of hydrogen-bond acceptors (Lipinski definition) is 5. The van der Waals surface area contributed by atoms with Gasteiger partial charge in [-0.25, -0.2) is 4.79 Å². The average molecular weight is 389 g/mol. The minimum Gasteiger partial charge on any atom is -0.478 e. The van der Waals surface area contributed by atoms with Crippen molar-refractivity contribution in [2.24, 2.45) is 0 Å². The van der Waals surface area contributed by atoms with Gasteiger partial charge in [0.05, 0.1) is 5.56 Å². The fourth-order valence-corrected chi connectivity index (χ4v) is 4.21. The molecular formula is C23H23N3O3. The van der Waals surface area contributed by atoms with Crippen molar-refractivity contribution in [2.45, 2.75) is 43.1 Å². The van der Waals surface area contributed by atoms with Gasteiger partial charge >= 0.3 is 5.97 Å². The highest BCUT2D eigenvalue weighted by molar-refractivity contribution is 5.88. The molecule has 0 amide bonds. The topological polar surface area (TPSA) is 88.2 Å². The van der Waals surface area contributed by atoms with Crippen LogP contribution in [0.25, 0.3) is 11.5 Å². The number of nitrogens with zero attached hydrogens (tertiary/aromatic N) is 2. The fourth-order valence-electron chi connectivity index (χ4n) is 4.21. The van der Waals surface area contributed by atoms with Gasteiger partial charge < -0.3 is 14.9 Å². The number of carboxylic acid groups (broad SMARTS) is 1. The van der Waals surface area contributed by atoms with Gasteiger partial charge in [-0.05, 0) is 49.1 Å². The van der Waals surface area contributed by atoms with Gasteiger partial charge in [-0.15, -0.1) is 0 Å². The molecule has 2 fully saturated rings. The molecule has 6 heteroatoms. The number of aromatic carboxylic acids is 1. The Labute approximate surface area is 169 Å². The first kappa shape index (κ1) is 18.1. The van der Waals surface area contributed by atoms with Crippen molar-refractivity contribution in [3.8, 4) is 11.5 Å². The maximum atomic E-state index is 11.0. The lowest BCUT2D eigenvalue weighted by molar-refractivity contribution is 0.0697. The van der Waals surface area contributed by atoms with E-state index in [0.717, 1.165) is 30.8 Å². The molecule has 1 heterocycles. The Balaban J connectivity index is 1.26. The second kappa shape index (κ2) is 7.12. The molecule has 0 saturated heterocycles. The van der Waals surface area contributed by atoms with Crippen molar-refractivity contribution in [2.75, 3.05) is 6.54 Å². The van der Waals surface area contributed by atoms with Gasteiger partial charge in [0.1, 0.15) is 0 Å². The van der Waals surface area contributed by atoms with Crippen molar-refractivity contribution in [1.82, 2.24) is 15.5 Å². The van der Waals surface area contributed by atoms with Crippen molar-refractivity contribution in [3.05, 3.63) is 71.5 Å². The van der Waals surface area contributed by atoms with Crippen LogP contribution in [0.3, 0.4) is 0 Å². The Hall–Kier alpha value is -2.99. The number of rotatable bonds is 7. The normalized spacial score (nSPS) is 22.1. The summed E-state index contributed by atoms with van der Waals surface area (Å²) in [5, 5.41) is 17.0. The van der Waals surface area contributed by atoms with E-state index in [1.54, 1.807) is 24.3 Å². The first-order valence-electron chi connectivity index (χ1n) is 10.1. The maximum absolute atomic E-state index is 11.0. The highest BCUT2D eigenvalue weighted by Gasteiger charge is 2.46. The quantitative estimate of drug-likeness (QED) is 0.635. The van der Waals surface area contributed by atoms with Gasteiger partial charge in [0.25, 0.3) is 5.89 Å². The van der Waals surface area contributed by atoms with E-state index in [1.807, 2.05) is 0 Å². The van der Waals surface area contributed by atoms with Crippen LogP contribution >= 0.6 is 0 Å². The number of benzene rings is 2. The Morgan fingerprint density at radius 1 is 1.14 bits per heavy atom. The smallest absolute Gasteiger partial charge is 0.335 e. The molecule has 0 spiro atoms. The van der Waals surface area contributed by atoms with E-state index in [2.05, 4.69) is 45.8 Å². The third kappa shape index (κ3) is 3.44. The molecule has 2 aromatic carbocycles. The predicted octanol–water partition coefficient (Wildman–Crippen LogP) is 4.00. The summed E-state index contributed by atoms with van der Waals surface area (Å²) < 4.78 is 5.51. The molecule has 3 aromatic rings. The van der Waals surface area contributed by atoms with Crippen molar-refractivity contribution in [3.63, 3.8) is 0 Å². The van der Waals surface area contributed by atoms with Crippen LogP contribution in [-0.4, -0.2) is 33.8 Å². The van der Waals surface area contributed by atoms with E-state index in [4.69, 9.17) is 9.63 Å². The zero-order valence-electron chi connectivity index (χ0n) is 16.0. The molecule has 2 N–H and O–H groups in total. The lowest BCUT2D eigenvalue weighted by Gasteiger charge is -2.39. The lowest BCUT2D eigenvalue weighted by Crippen LogP contribution is -2.45. The summed E-state index contributed by atoms with van der Waals surface area (Å²) in [7, 11) is 0. The van der Waals surface area contributed by atoms with Crippen molar-refractivity contribution in [1.29, 1.82) is 0 Å². The Morgan fingerprint density at radius 2 is 1.90 bits per heavy atom. The van der Waals surface area contributed by atoms with E-state index >= 15 is 0 Å². The maximum Gasteiger partial charge on any atom is 0.335 e. The van der Waals surface area contributed by atoms with Crippen LogP contribution < -0.4 is 5.32 Å². The monoisotopic (exact) mass is 389 g/mol. The number of nitrogens with one attached hydrogen (secondary N) is 1. The van der Waals surface area contributed by atoms with E-state index in [9.17, 15) is 4.79 Å². The molecule has 29 heavy (non-hydrogen) atoms. The standard InChI is InChI=1S/C23H23N3O3/c27-21(28)17-9-7-16(8-10-17)20-25-22(26-29-20)23(11-4-12-23)14-24-19-13-18(19)15-5-2-1-3-6-15/h1-3,5-10,18-19,24H,4,11-14H2,(H,27,28). The zero-order chi connectivity index (χ0) is 19.8. The molecule has 0 bridgehead atoms. The number of hydrogen-bond donors (Lipinski definition) is 2. The molecule has 0 aliphatic heterocycles. The highest BCUT2D eigenvalue weighted by atomic mass is 16.5. The molecule has 2 aliphatic carbocycles. The molecule has 148 valence electrons. The minimum absolute atomic E-state index is 0.0629. The summed E-state index contributed by atoms with van der Waals surface area (Å²) in [6.07, 6.45) is 4.46. The fraction of sp³-hybridized carbons (Fsp3) is 0.348. The third-order valence-corrected chi connectivity index (χ3v) is 6.31. The van der Waals surface area contributed by atoms with Crippen LogP contribution in [0.1, 0.15) is 53.3 Å². The van der Waals surface area contributed by atoms with Crippen molar-refractivity contribution < 1.29 is 14.4 Å². The van der Waals surface area contributed by atoms with Gasteiger partial charge in [0.15, 0.2) is 5.82 Å². The van der Waals surface area contributed by atoms with Crippen LogP contribution in [-0.2, 0) is 5.41 Å². The van der Waals surface area contributed by atoms with Gasteiger partial charge in [-0.2, -0.15) is 4.98 Å². The summed E-state index contributed by atoms with van der Waals surface area (Å²) >= 11 is 0. The summed E-state index contributed by atoms with van der Waals surface area (Å²) in [6.45, 7) is 0.859. The minimum atomic E-state index is -0.948. The summed E-state index contributed by atoms with van der Waals surface area (Å²) in [4.78, 5) is 15.7. The van der Waals surface area contributed by atoms with Gasteiger partial charge in [0.2, 0.25) is 0 Å². The van der Waals surface area contributed by atoms with E-state index in [-0.39, 0.29) is 11.0 Å². The molecule has 2 atom stereocenters.